The van der Waals surface area contributed by atoms with E-state index in [1.807, 2.05) is 0 Å². The van der Waals surface area contributed by atoms with Gasteiger partial charge in [0.05, 0.1) is 25.7 Å². The highest BCUT2D eigenvalue weighted by atomic mass is 16.4. The molecule has 1 rings (SSSR count). The van der Waals surface area contributed by atoms with Crippen LogP contribution in [0.1, 0.15) is 46.5 Å². The number of rotatable bonds is 10. The molecule has 1 fully saturated rings. The summed E-state index contributed by atoms with van der Waals surface area (Å²) in [5.41, 5.74) is 4.65. The lowest BCUT2D eigenvalue weighted by Gasteiger charge is -2.11. The maximum atomic E-state index is 11.7. The normalized spacial score (nSPS) is 13.8. The average Bonchev–Trinajstić information content (AvgIpc) is 3.29. The zero-order chi connectivity index (χ0) is 24.9. The third kappa shape index (κ3) is 20.1. The number of nitrogens with one attached hydrogen (secondary N) is 5. The lowest BCUT2D eigenvalue weighted by molar-refractivity contribution is -0.137. The van der Waals surface area contributed by atoms with Crippen LogP contribution in [0.3, 0.4) is 0 Å². The van der Waals surface area contributed by atoms with Crippen molar-refractivity contribution in [1.82, 2.24) is 26.6 Å². The molecule has 32 heavy (non-hydrogen) atoms. The van der Waals surface area contributed by atoms with Gasteiger partial charge in [-0.1, -0.05) is 27.2 Å². The van der Waals surface area contributed by atoms with Crippen molar-refractivity contribution in [3.63, 3.8) is 0 Å². The molecule has 5 amide bonds. The van der Waals surface area contributed by atoms with E-state index in [1.54, 1.807) is 6.92 Å². The topological polar surface area (TPSA) is 209 Å². The van der Waals surface area contributed by atoms with Crippen LogP contribution in [0.2, 0.25) is 0 Å². The molecular formula is C19H36N6O7. The Labute approximate surface area is 187 Å². The summed E-state index contributed by atoms with van der Waals surface area (Å²) in [6.45, 7) is 5.20. The monoisotopic (exact) mass is 460 g/mol. The van der Waals surface area contributed by atoms with Crippen molar-refractivity contribution in [2.45, 2.75) is 52.5 Å². The Morgan fingerprint density at radius 1 is 0.844 bits per heavy atom. The smallest absolute Gasteiger partial charge is 0.322 e. The molecule has 0 aromatic rings. The summed E-state index contributed by atoms with van der Waals surface area (Å²) in [6, 6.07) is -0.287. The van der Waals surface area contributed by atoms with Gasteiger partial charge in [0, 0.05) is 6.42 Å². The predicted molar refractivity (Wildman–Crippen MR) is 116 cm³/mol. The van der Waals surface area contributed by atoms with Crippen molar-refractivity contribution >= 4 is 35.5 Å². The lowest BCUT2D eigenvalue weighted by Crippen LogP contribution is -2.47. The molecule has 1 atom stereocenters. The van der Waals surface area contributed by atoms with Gasteiger partial charge in [0.25, 0.3) is 0 Å². The number of amides is 5. The van der Waals surface area contributed by atoms with Gasteiger partial charge >= 0.3 is 5.97 Å². The fourth-order valence-corrected chi connectivity index (χ4v) is 1.92. The highest BCUT2D eigenvalue weighted by Crippen LogP contribution is 2.03. The third-order valence-corrected chi connectivity index (χ3v) is 3.48. The molecule has 1 aliphatic heterocycles. The van der Waals surface area contributed by atoms with Gasteiger partial charge in [-0.25, -0.2) is 0 Å². The van der Waals surface area contributed by atoms with E-state index in [1.165, 1.54) is 6.42 Å². The fourth-order valence-electron chi connectivity index (χ4n) is 1.92. The molecule has 184 valence electrons. The third-order valence-electron chi connectivity index (χ3n) is 3.48. The van der Waals surface area contributed by atoms with E-state index in [2.05, 4.69) is 46.2 Å². The first kappa shape index (κ1) is 31.0. The minimum atomic E-state index is -1.20. The molecule has 1 unspecified atom stereocenters. The van der Waals surface area contributed by atoms with Crippen molar-refractivity contribution in [3.05, 3.63) is 0 Å². The summed E-state index contributed by atoms with van der Waals surface area (Å²) in [5.74, 6) is -3.51. The second-order valence-corrected chi connectivity index (χ2v) is 6.62. The molecule has 0 saturated carbocycles. The van der Waals surface area contributed by atoms with Crippen LogP contribution in [0.5, 0.6) is 0 Å². The van der Waals surface area contributed by atoms with E-state index >= 15 is 0 Å². The van der Waals surface area contributed by atoms with E-state index in [0.29, 0.717) is 6.42 Å². The summed E-state index contributed by atoms with van der Waals surface area (Å²) in [6.07, 6.45) is 3.32. The molecular weight excluding hydrogens is 424 g/mol. The number of carboxylic acids is 1. The van der Waals surface area contributed by atoms with Gasteiger partial charge in [-0.15, -0.1) is 0 Å². The first-order chi connectivity index (χ1) is 15.1. The van der Waals surface area contributed by atoms with Gasteiger partial charge in [0.1, 0.15) is 6.54 Å². The van der Waals surface area contributed by atoms with Crippen LogP contribution in [-0.4, -0.2) is 79.4 Å². The first-order valence-electron chi connectivity index (χ1n) is 10.4. The standard InChI is InChI=1S/C13H21N5O6.C3H7NO.C3H8/c19-9(15-5-10(20)17-7-12(22)23)4-16-11(21)6-18-13(24)8-2-1-3-14-8;1-2-3(4)5;1-3-2/h8,14H,1-7H2,(H,15,19)(H,16,21)(H,17,20)(H,18,24)(H,22,23);2H2,1H3,(H2,4,5);3H2,1-2H3. The Balaban J connectivity index is 0. The second-order valence-electron chi connectivity index (χ2n) is 6.62. The number of carbonyl (C=O) groups excluding carboxylic acids is 5. The molecule has 0 aromatic heterocycles. The van der Waals surface area contributed by atoms with E-state index in [-0.39, 0.29) is 30.9 Å². The Morgan fingerprint density at radius 2 is 1.25 bits per heavy atom. The number of aliphatic carboxylic acids is 1. The Hall–Kier alpha value is -3.22. The lowest BCUT2D eigenvalue weighted by atomic mass is 10.2. The first-order valence-corrected chi connectivity index (χ1v) is 10.4. The number of nitrogens with two attached hydrogens (primary N) is 1. The van der Waals surface area contributed by atoms with Crippen LogP contribution in [-0.2, 0) is 28.8 Å². The molecule has 8 N–H and O–H groups in total. The zero-order valence-corrected chi connectivity index (χ0v) is 18.9. The minimum absolute atomic E-state index is 0.245. The second kappa shape index (κ2) is 19.7. The van der Waals surface area contributed by atoms with Crippen molar-refractivity contribution in [3.8, 4) is 0 Å². The number of hydrogen-bond acceptors (Lipinski definition) is 7. The highest BCUT2D eigenvalue weighted by Gasteiger charge is 2.22. The summed E-state index contributed by atoms with van der Waals surface area (Å²) < 4.78 is 0. The van der Waals surface area contributed by atoms with E-state index < -0.39 is 36.8 Å². The molecule has 1 aliphatic rings. The fraction of sp³-hybridized carbons (Fsp3) is 0.684. The molecule has 0 aliphatic carbocycles. The Kier molecular flexibility index (Phi) is 19.1. The SMILES string of the molecule is CCC.CCC(N)=O.O=C(O)CNC(=O)CNC(=O)CNC(=O)CNC(=O)C1CCCN1. The molecule has 0 spiro atoms. The zero-order valence-electron chi connectivity index (χ0n) is 18.9. The predicted octanol–water partition coefficient (Wildman–Crippen LogP) is -2.41. The number of carboxylic acid groups (broad SMARTS) is 1. The van der Waals surface area contributed by atoms with Gasteiger partial charge in [0.15, 0.2) is 0 Å². The molecule has 1 heterocycles. The summed E-state index contributed by atoms with van der Waals surface area (Å²) in [5, 5.41) is 20.4. The number of carbonyl (C=O) groups is 6. The van der Waals surface area contributed by atoms with Crippen molar-refractivity contribution in [1.29, 1.82) is 0 Å². The van der Waals surface area contributed by atoms with Gasteiger partial charge < -0.3 is 37.4 Å². The van der Waals surface area contributed by atoms with Gasteiger partial charge in [-0.2, -0.15) is 0 Å². The van der Waals surface area contributed by atoms with Crippen LogP contribution >= 0.6 is 0 Å². The molecule has 0 bridgehead atoms. The van der Waals surface area contributed by atoms with Gasteiger partial charge in [-0.05, 0) is 19.4 Å². The molecule has 0 aromatic carbocycles. The molecule has 1 saturated heterocycles. The van der Waals surface area contributed by atoms with Crippen LogP contribution in [0.25, 0.3) is 0 Å². The van der Waals surface area contributed by atoms with Crippen LogP contribution in [0.15, 0.2) is 0 Å². The Morgan fingerprint density at radius 3 is 1.59 bits per heavy atom. The molecule has 13 nitrogen and oxygen atoms in total. The van der Waals surface area contributed by atoms with Crippen molar-refractivity contribution in [2.24, 2.45) is 5.73 Å². The summed E-state index contributed by atoms with van der Waals surface area (Å²) >= 11 is 0. The van der Waals surface area contributed by atoms with Crippen molar-refractivity contribution < 1.29 is 33.9 Å². The van der Waals surface area contributed by atoms with Gasteiger partial charge in [-0.3, -0.25) is 28.8 Å². The van der Waals surface area contributed by atoms with Gasteiger partial charge in [0.2, 0.25) is 29.5 Å². The van der Waals surface area contributed by atoms with Crippen LogP contribution in [0.4, 0.5) is 0 Å². The minimum Gasteiger partial charge on any atom is -0.480 e. The Bertz CT molecular complexity index is 621. The summed E-state index contributed by atoms with van der Waals surface area (Å²) in [4.78, 5) is 65.6. The van der Waals surface area contributed by atoms with E-state index in [4.69, 9.17) is 5.11 Å². The molecule has 13 heteroatoms. The average molecular weight is 461 g/mol. The molecule has 0 radical (unpaired) electrons. The van der Waals surface area contributed by atoms with Crippen LogP contribution < -0.4 is 32.3 Å². The van der Waals surface area contributed by atoms with Crippen LogP contribution in [0, 0.1) is 0 Å². The van der Waals surface area contributed by atoms with E-state index in [0.717, 1.165) is 19.4 Å². The maximum absolute atomic E-state index is 11.7. The maximum Gasteiger partial charge on any atom is 0.322 e. The summed E-state index contributed by atoms with van der Waals surface area (Å²) in [7, 11) is 0. The van der Waals surface area contributed by atoms with Crippen molar-refractivity contribution in [2.75, 3.05) is 32.7 Å². The van der Waals surface area contributed by atoms with E-state index in [9.17, 15) is 28.8 Å². The number of hydrogen-bond donors (Lipinski definition) is 7. The number of primary amides is 1. The highest BCUT2D eigenvalue weighted by molar-refractivity contribution is 5.91. The largest absolute Gasteiger partial charge is 0.480 e. The quantitative estimate of drug-likeness (QED) is 0.186.